The van der Waals surface area contributed by atoms with Crippen LogP contribution in [-0.2, 0) is 14.8 Å². The van der Waals surface area contributed by atoms with Gasteiger partial charge in [0.15, 0.2) is 0 Å². The van der Waals surface area contributed by atoms with Crippen molar-refractivity contribution in [1.82, 2.24) is 9.71 Å². The smallest absolute Gasteiger partial charge is 0.211 e. The summed E-state index contributed by atoms with van der Waals surface area (Å²) in [5.74, 6) is 0.794. The summed E-state index contributed by atoms with van der Waals surface area (Å²) >= 11 is 1.65. The van der Waals surface area contributed by atoms with E-state index in [1.807, 2.05) is 37.4 Å². The van der Waals surface area contributed by atoms with E-state index in [1.165, 1.54) is 4.88 Å². The molecule has 1 aliphatic heterocycles. The van der Waals surface area contributed by atoms with Gasteiger partial charge in [-0.1, -0.05) is 0 Å². The summed E-state index contributed by atoms with van der Waals surface area (Å²) < 4.78 is 38.0. The quantitative estimate of drug-likeness (QED) is 0.778. The van der Waals surface area contributed by atoms with E-state index in [1.54, 1.807) is 18.3 Å². The minimum Gasteiger partial charge on any atom is -0.491 e. The lowest BCUT2D eigenvalue weighted by Crippen LogP contribution is -2.49. The molecule has 142 valence electrons. The van der Waals surface area contributed by atoms with Crippen molar-refractivity contribution in [2.75, 3.05) is 19.0 Å². The predicted octanol–water partition coefficient (Wildman–Crippen LogP) is 2.98. The zero-order chi connectivity index (χ0) is 18.6. The molecule has 3 rings (SSSR count). The third kappa shape index (κ3) is 5.03. The Balaban J connectivity index is 1.60. The molecule has 0 bridgehead atoms. The van der Waals surface area contributed by atoms with Crippen LogP contribution in [0.2, 0.25) is 0 Å². The largest absolute Gasteiger partial charge is 0.491 e. The number of hydrogen-bond donors (Lipinski definition) is 1. The van der Waals surface area contributed by atoms with Gasteiger partial charge in [-0.25, -0.2) is 18.1 Å². The third-order valence-electron chi connectivity index (χ3n) is 4.29. The van der Waals surface area contributed by atoms with Gasteiger partial charge in [0.25, 0.3) is 0 Å². The van der Waals surface area contributed by atoms with E-state index >= 15 is 0 Å². The molecule has 0 unspecified atom stereocenters. The SMILES string of the molecule is CCS(=O)(=O)N[C@H]1CCCO[C@@H]1COc1ccc(-c2ncc(C)s2)cc1. The van der Waals surface area contributed by atoms with Crippen molar-refractivity contribution in [3.05, 3.63) is 35.3 Å². The van der Waals surface area contributed by atoms with Crippen LogP contribution in [0, 0.1) is 6.92 Å². The van der Waals surface area contributed by atoms with Crippen molar-refractivity contribution >= 4 is 21.4 Å². The number of benzene rings is 1. The van der Waals surface area contributed by atoms with Gasteiger partial charge in [-0.3, -0.25) is 0 Å². The van der Waals surface area contributed by atoms with Crippen LogP contribution in [0.1, 0.15) is 24.6 Å². The van der Waals surface area contributed by atoms with Crippen LogP contribution in [0.3, 0.4) is 0 Å². The number of nitrogens with zero attached hydrogens (tertiary/aromatic N) is 1. The van der Waals surface area contributed by atoms with Crippen LogP contribution >= 0.6 is 11.3 Å². The Hall–Kier alpha value is -1.48. The van der Waals surface area contributed by atoms with Gasteiger partial charge in [0.2, 0.25) is 10.0 Å². The van der Waals surface area contributed by atoms with Gasteiger partial charge < -0.3 is 9.47 Å². The van der Waals surface area contributed by atoms with Gasteiger partial charge in [-0.15, -0.1) is 11.3 Å². The van der Waals surface area contributed by atoms with Gasteiger partial charge in [0.1, 0.15) is 23.5 Å². The lowest BCUT2D eigenvalue weighted by Gasteiger charge is -2.31. The summed E-state index contributed by atoms with van der Waals surface area (Å²) in [5, 5.41) is 0.985. The minimum atomic E-state index is -3.26. The Morgan fingerprint density at radius 3 is 2.77 bits per heavy atom. The van der Waals surface area contributed by atoms with Crippen LogP contribution in [0.15, 0.2) is 30.5 Å². The molecule has 1 aliphatic rings. The molecule has 0 saturated carbocycles. The molecular weight excluding hydrogens is 372 g/mol. The van der Waals surface area contributed by atoms with Gasteiger partial charge in [-0.05, 0) is 51.0 Å². The fraction of sp³-hybridized carbons (Fsp3) is 0.500. The Kier molecular flexibility index (Phi) is 6.29. The van der Waals surface area contributed by atoms with E-state index in [2.05, 4.69) is 9.71 Å². The molecule has 0 radical (unpaired) electrons. The summed E-state index contributed by atoms with van der Waals surface area (Å²) in [5.41, 5.74) is 1.05. The third-order valence-corrected chi connectivity index (χ3v) is 6.67. The maximum atomic E-state index is 11.8. The number of aryl methyl sites for hydroxylation is 1. The molecule has 6 nitrogen and oxygen atoms in total. The minimum absolute atomic E-state index is 0.0643. The molecular formula is C18H24N2O4S2. The highest BCUT2D eigenvalue weighted by Crippen LogP contribution is 2.26. The van der Waals surface area contributed by atoms with Crippen LogP contribution in [0.25, 0.3) is 10.6 Å². The van der Waals surface area contributed by atoms with Gasteiger partial charge in [-0.2, -0.15) is 0 Å². The van der Waals surface area contributed by atoms with E-state index in [9.17, 15) is 8.42 Å². The number of rotatable bonds is 7. The highest BCUT2D eigenvalue weighted by atomic mass is 32.2. The molecule has 8 heteroatoms. The highest BCUT2D eigenvalue weighted by molar-refractivity contribution is 7.89. The van der Waals surface area contributed by atoms with E-state index < -0.39 is 10.0 Å². The number of thiazole rings is 1. The van der Waals surface area contributed by atoms with Crippen molar-refractivity contribution in [2.24, 2.45) is 0 Å². The van der Waals surface area contributed by atoms with Crippen LogP contribution in [0.5, 0.6) is 5.75 Å². The molecule has 26 heavy (non-hydrogen) atoms. The zero-order valence-electron chi connectivity index (χ0n) is 15.0. The molecule has 0 amide bonds. The van der Waals surface area contributed by atoms with Crippen LogP contribution in [0.4, 0.5) is 0 Å². The predicted molar refractivity (Wildman–Crippen MR) is 103 cm³/mol. The second-order valence-electron chi connectivity index (χ2n) is 6.29. The summed E-state index contributed by atoms with van der Waals surface area (Å²) in [4.78, 5) is 5.56. The maximum absolute atomic E-state index is 11.8. The first-order valence-electron chi connectivity index (χ1n) is 8.74. The topological polar surface area (TPSA) is 77.5 Å². The first-order valence-corrected chi connectivity index (χ1v) is 11.2. The highest BCUT2D eigenvalue weighted by Gasteiger charge is 2.29. The second-order valence-corrected chi connectivity index (χ2v) is 9.57. The average Bonchev–Trinajstić information content (AvgIpc) is 3.07. The fourth-order valence-electron chi connectivity index (χ4n) is 2.81. The molecule has 1 aromatic carbocycles. The number of ether oxygens (including phenoxy) is 2. The van der Waals surface area contributed by atoms with Crippen molar-refractivity contribution in [1.29, 1.82) is 0 Å². The molecule has 0 aliphatic carbocycles. The number of sulfonamides is 1. The lowest BCUT2D eigenvalue weighted by molar-refractivity contribution is -0.0279. The Labute approximate surface area is 158 Å². The second kappa shape index (κ2) is 8.47. The van der Waals surface area contributed by atoms with Crippen LogP contribution < -0.4 is 9.46 Å². The Morgan fingerprint density at radius 2 is 2.12 bits per heavy atom. The molecule has 2 atom stereocenters. The number of hydrogen-bond acceptors (Lipinski definition) is 6. The van der Waals surface area contributed by atoms with Crippen molar-refractivity contribution < 1.29 is 17.9 Å². The summed E-state index contributed by atoms with van der Waals surface area (Å²) in [6.07, 6.45) is 3.18. The Morgan fingerprint density at radius 1 is 1.35 bits per heavy atom. The average molecular weight is 397 g/mol. The maximum Gasteiger partial charge on any atom is 0.211 e. The van der Waals surface area contributed by atoms with E-state index in [0.717, 1.165) is 29.2 Å². The molecule has 1 aromatic heterocycles. The fourth-order valence-corrected chi connectivity index (χ4v) is 4.48. The first kappa shape index (κ1) is 19.3. The van der Waals surface area contributed by atoms with Gasteiger partial charge in [0, 0.05) is 23.2 Å². The molecule has 2 aromatic rings. The van der Waals surface area contributed by atoms with E-state index in [0.29, 0.717) is 13.2 Å². The lowest BCUT2D eigenvalue weighted by atomic mass is 10.0. The number of nitrogens with one attached hydrogen (secondary N) is 1. The molecule has 1 N–H and O–H groups in total. The summed E-state index contributed by atoms with van der Waals surface area (Å²) in [7, 11) is -3.26. The standard InChI is InChI=1S/C18H24N2O4S2/c1-3-26(21,22)20-16-5-4-10-23-17(16)12-24-15-8-6-14(7-9-15)18-19-11-13(2)25-18/h6-9,11,16-17,20H,3-5,10,12H2,1-2H3/t16-,17+/m0/s1. The molecule has 1 fully saturated rings. The molecule has 0 spiro atoms. The first-order chi connectivity index (χ1) is 12.5. The van der Waals surface area contributed by atoms with Crippen molar-refractivity contribution in [3.8, 4) is 16.3 Å². The van der Waals surface area contributed by atoms with Crippen molar-refractivity contribution in [3.63, 3.8) is 0 Å². The van der Waals surface area contributed by atoms with Crippen molar-refractivity contribution in [2.45, 2.75) is 38.8 Å². The van der Waals surface area contributed by atoms with Gasteiger partial charge in [0.05, 0.1) is 11.8 Å². The monoisotopic (exact) mass is 396 g/mol. The van der Waals surface area contributed by atoms with E-state index in [-0.39, 0.29) is 17.9 Å². The summed E-state index contributed by atoms with van der Waals surface area (Å²) in [6.45, 7) is 4.60. The van der Waals surface area contributed by atoms with Crippen LogP contribution in [-0.4, -0.2) is 44.5 Å². The molecule has 2 heterocycles. The van der Waals surface area contributed by atoms with Gasteiger partial charge >= 0.3 is 0 Å². The number of aromatic nitrogens is 1. The molecule has 1 saturated heterocycles. The zero-order valence-corrected chi connectivity index (χ0v) is 16.6. The van der Waals surface area contributed by atoms with E-state index in [4.69, 9.17) is 9.47 Å². The summed E-state index contributed by atoms with van der Waals surface area (Å²) in [6, 6.07) is 7.52. The normalized spacial score (nSPS) is 20.8. The Bertz CT molecular complexity index is 818.